The van der Waals surface area contributed by atoms with E-state index >= 15 is 0 Å². The molecule has 2 aliphatic rings. The lowest BCUT2D eigenvalue weighted by molar-refractivity contribution is 0.0741. The summed E-state index contributed by atoms with van der Waals surface area (Å²) in [6, 6.07) is 6.41. The molecule has 1 N–H and O–H groups in total. The molecule has 1 unspecified atom stereocenters. The standard InChI is InChI=1S/C17H24N2O2/c1-2-19(10-16-5-3-4-8-18-16)17(20)13-6-7-14-11-21-12-15(14)9-13/h6-7,9,16,18H,2-5,8,10-12H2,1H3. The number of benzene rings is 1. The van der Waals surface area contributed by atoms with Crippen molar-refractivity contribution in [3.05, 3.63) is 34.9 Å². The van der Waals surface area contributed by atoms with Crippen LogP contribution < -0.4 is 5.32 Å². The minimum absolute atomic E-state index is 0.138. The van der Waals surface area contributed by atoms with Gasteiger partial charge in [-0.2, -0.15) is 0 Å². The highest BCUT2D eigenvalue weighted by molar-refractivity contribution is 5.94. The van der Waals surface area contributed by atoms with Gasteiger partial charge in [-0.25, -0.2) is 0 Å². The Hall–Kier alpha value is -1.39. The molecule has 2 heterocycles. The number of carbonyl (C=O) groups is 1. The fourth-order valence-electron chi connectivity index (χ4n) is 3.19. The van der Waals surface area contributed by atoms with Gasteiger partial charge in [-0.05, 0) is 49.6 Å². The van der Waals surface area contributed by atoms with Crippen LogP contribution in [-0.2, 0) is 18.0 Å². The number of hydrogen-bond donors (Lipinski definition) is 1. The summed E-state index contributed by atoms with van der Waals surface area (Å²) in [4.78, 5) is 14.7. The minimum Gasteiger partial charge on any atom is -0.372 e. The molecule has 0 aliphatic carbocycles. The van der Waals surface area contributed by atoms with Crippen LogP contribution in [0.15, 0.2) is 18.2 Å². The van der Waals surface area contributed by atoms with E-state index in [1.165, 1.54) is 24.8 Å². The van der Waals surface area contributed by atoms with Crippen molar-refractivity contribution in [3.63, 3.8) is 0 Å². The van der Waals surface area contributed by atoms with E-state index in [9.17, 15) is 4.79 Å². The molecule has 4 nitrogen and oxygen atoms in total. The smallest absolute Gasteiger partial charge is 0.253 e. The minimum atomic E-state index is 0.138. The molecule has 21 heavy (non-hydrogen) atoms. The van der Waals surface area contributed by atoms with Gasteiger partial charge in [0.1, 0.15) is 0 Å². The second kappa shape index (κ2) is 6.58. The van der Waals surface area contributed by atoms with Gasteiger partial charge in [0.25, 0.3) is 5.91 Å². The zero-order chi connectivity index (χ0) is 14.7. The second-order valence-electron chi connectivity index (χ2n) is 5.97. The lowest BCUT2D eigenvalue weighted by Crippen LogP contribution is -2.45. The molecule has 0 aromatic heterocycles. The Kier molecular flexibility index (Phi) is 4.56. The number of nitrogens with zero attached hydrogens (tertiary/aromatic N) is 1. The Balaban J connectivity index is 1.69. The van der Waals surface area contributed by atoms with Gasteiger partial charge in [0.15, 0.2) is 0 Å². The quantitative estimate of drug-likeness (QED) is 0.924. The summed E-state index contributed by atoms with van der Waals surface area (Å²) < 4.78 is 5.42. The fourth-order valence-corrected chi connectivity index (χ4v) is 3.19. The summed E-state index contributed by atoms with van der Waals surface area (Å²) in [5.74, 6) is 0.138. The van der Waals surface area contributed by atoms with E-state index in [1.54, 1.807) is 0 Å². The Labute approximate surface area is 126 Å². The maximum atomic E-state index is 12.7. The molecule has 0 bridgehead atoms. The van der Waals surface area contributed by atoms with Crippen molar-refractivity contribution in [1.29, 1.82) is 0 Å². The molecule has 1 aromatic rings. The molecule has 0 radical (unpaired) electrons. The van der Waals surface area contributed by atoms with Crippen LogP contribution in [0.3, 0.4) is 0 Å². The van der Waals surface area contributed by atoms with Gasteiger partial charge in [0, 0.05) is 24.7 Å². The molecule has 4 heteroatoms. The van der Waals surface area contributed by atoms with Crippen LogP contribution in [-0.4, -0.2) is 36.5 Å². The van der Waals surface area contributed by atoms with Crippen LogP contribution in [0.5, 0.6) is 0 Å². The number of ether oxygens (including phenoxy) is 1. The summed E-state index contributed by atoms with van der Waals surface area (Å²) in [5.41, 5.74) is 3.16. The lowest BCUT2D eigenvalue weighted by Gasteiger charge is -2.30. The molecule has 1 aromatic carbocycles. The van der Waals surface area contributed by atoms with Gasteiger partial charge in [-0.15, -0.1) is 0 Å². The molecule has 0 spiro atoms. The van der Waals surface area contributed by atoms with Crippen LogP contribution in [0, 0.1) is 0 Å². The molecule has 1 amide bonds. The number of hydrogen-bond acceptors (Lipinski definition) is 3. The molecule has 0 saturated carbocycles. The first-order valence-electron chi connectivity index (χ1n) is 8.00. The van der Waals surface area contributed by atoms with Crippen molar-refractivity contribution in [3.8, 4) is 0 Å². The van der Waals surface area contributed by atoms with E-state index in [2.05, 4.69) is 12.2 Å². The Bertz CT molecular complexity index is 510. The average molecular weight is 288 g/mol. The first-order chi connectivity index (χ1) is 10.3. The van der Waals surface area contributed by atoms with Gasteiger partial charge in [0.2, 0.25) is 0 Å². The fraction of sp³-hybridized carbons (Fsp3) is 0.588. The van der Waals surface area contributed by atoms with E-state index in [0.29, 0.717) is 19.3 Å². The topological polar surface area (TPSA) is 41.6 Å². The van der Waals surface area contributed by atoms with Crippen molar-refractivity contribution in [2.75, 3.05) is 19.6 Å². The van der Waals surface area contributed by atoms with Crippen LogP contribution in [0.4, 0.5) is 0 Å². The third kappa shape index (κ3) is 3.27. The van der Waals surface area contributed by atoms with Crippen molar-refractivity contribution >= 4 is 5.91 Å². The van der Waals surface area contributed by atoms with Crippen molar-refractivity contribution in [2.45, 2.75) is 45.4 Å². The molecule has 1 saturated heterocycles. The third-order valence-corrected chi connectivity index (χ3v) is 4.49. The van der Waals surface area contributed by atoms with Gasteiger partial charge in [-0.1, -0.05) is 12.5 Å². The van der Waals surface area contributed by atoms with Gasteiger partial charge < -0.3 is 15.0 Å². The SMILES string of the molecule is CCN(CC1CCCCN1)C(=O)c1ccc2c(c1)COC2. The number of rotatable bonds is 4. The van der Waals surface area contributed by atoms with E-state index < -0.39 is 0 Å². The van der Waals surface area contributed by atoms with Crippen molar-refractivity contribution in [2.24, 2.45) is 0 Å². The highest BCUT2D eigenvalue weighted by atomic mass is 16.5. The molecule has 2 aliphatic heterocycles. The highest BCUT2D eigenvalue weighted by Crippen LogP contribution is 2.22. The van der Waals surface area contributed by atoms with Crippen LogP contribution in [0.2, 0.25) is 0 Å². The number of piperidine rings is 1. The first kappa shape index (κ1) is 14.5. The molecule has 1 fully saturated rings. The van der Waals surface area contributed by atoms with Crippen molar-refractivity contribution < 1.29 is 9.53 Å². The van der Waals surface area contributed by atoms with Crippen LogP contribution in [0.1, 0.15) is 47.7 Å². The zero-order valence-corrected chi connectivity index (χ0v) is 12.7. The number of carbonyl (C=O) groups excluding carboxylic acids is 1. The monoisotopic (exact) mass is 288 g/mol. The van der Waals surface area contributed by atoms with Gasteiger partial charge >= 0.3 is 0 Å². The molecule has 114 valence electrons. The summed E-state index contributed by atoms with van der Waals surface area (Å²) in [6.45, 7) is 6.00. The number of amides is 1. The molecular formula is C17H24N2O2. The predicted molar refractivity (Wildman–Crippen MR) is 82.2 cm³/mol. The summed E-state index contributed by atoms with van der Waals surface area (Å²) >= 11 is 0. The number of nitrogens with one attached hydrogen (secondary N) is 1. The van der Waals surface area contributed by atoms with Crippen LogP contribution >= 0.6 is 0 Å². The van der Waals surface area contributed by atoms with E-state index in [1.807, 2.05) is 23.1 Å². The lowest BCUT2D eigenvalue weighted by atomic mass is 10.0. The summed E-state index contributed by atoms with van der Waals surface area (Å²) in [5, 5.41) is 3.52. The van der Waals surface area contributed by atoms with E-state index in [-0.39, 0.29) is 5.91 Å². The Morgan fingerprint density at radius 3 is 2.95 bits per heavy atom. The molecule has 1 atom stereocenters. The highest BCUT2D eigenvalue weighted by Gasteiger charge is 2.21. The number of fused-ring (bicyclic) bond motifs is 1. The van der Waals surface area contributed by atoms with E-state index in [0.717, 1.165) is 30.8 Å². The average Bonchev–Trinajstić information content (AvgIpc) is 3.00. The zero-order valence-electron chi connectivity index (χ0n) is 12.7. The predicted octanol–water partition coefficient (Wildman–Crippen LogP) is 2.32. The largest absolute Gasteiger partial charge is 0.372 e. The maximum Gasteiger partial charge on any atom is 0.253 e. The van der Waals surface area contributed by atoms with Gasteiger partial charge in [-0.3, -0.25) is 4.79 Å². The summed E-state index contributed by atoms with van der Waals surface area (Å²) in [7, 11) is 0. The Morgan fingerprint density at radius 2 is 2.19 bits per heavy atom. The molecule has 3 rings (SSSR count). The second-order valence-corrected chi connectivity index (χ2v) is 5.97. The maximum absolute atomic E-state index is 12.7. The third-order valence-electron chi connectivity index (χ3n) is 4.49. The first-order valence-corrected chi connectivity index (χ1v) is 8.00. The molecular weight excluding hydrogens is 264 g/mol. The number of likely N-dealkylation sites (N-methyl/N-ethyl adjacent to an activating group) is 1. The summed E-state index contributed by atoms with van der Waals surface area (Å²) in [6.07, 6.45) is 3.68. The Morgan fingerprint density at radius 1 is 1.33 bits per heavy atom. The van der Waals surface area contributed by atoms with Gasteiger partial charge in [0.05, 0.1) is 13.2 Å². The van der Waals surface area contributed by atoms with E-state index in [4.69, 9.17) is 4.74 Å². The van der Waals surface area contributed by atoms with Crippen LogP contribution in [0.25, 0.3) is 0 Å². The van der Waals surface area contributed by atoms with Crippen molar-refractivity contribution in [1.82, 2.24) is 10.2 Å². The normalized spacial score (nSPS) is 21.1.